The monoisotopic (exact) mass is 397 g/mol. The second kappa shape index (κ2) is 8.18. The SMILES string of the molecule is CCc1sc(=NC(=O)c2ccccc2[N+](=O)[O-])n(C)c1-c1ccc(OC)cc1. The van der Waals surface area contributed by atoms with Gasteiger partial charge in [-0.15, -0.1) is 11.3 Å². The number of aryl methyl sites for hydroxylation is 1. The molecule has 1 heterocycles. The Bertz CT molecular complexity index is 1100. The zero-order valence-electron chi connectivity index (χ0n) is 15.7. The molecule has 28 heavy (non-hydrogen) atoms. The number of benzene rings is 2. The van der Waals surface area contributed by atoms with Crippen LogP contribution in [0.15, 0.2) is 53.5 Å². The normalized spacial score (nSPS) is 11.5. The summed E-state index contributed by atoms with van der Waals surface area (Å²) in [6, 6.07) is 13.5. The number of methoxy groups -OCH3 is 1. The first kappa shape index (κ1) is 19.5. The third-order valence-corrected chi connectivity index (χ3v) is 5.59. The average Bonchev–Trinajstić information content (AvgIpc) is 3.03. The molecule has 0 atom stereocenters. The number of carbonyl (C=O) groups excluding carboxylic acids is 1. The highest BCUT2D eigenvalue weighted by molar-refractivity contribution is 7.09. The van der Waals surface area contributed by atoms with Gasteiger partial charge in [-0.3, -0.25) is 14.9 Å². The Morgan fingerprint density at radius 3 is 2.50 bits per heavy atom. The second-order valence-electron chi connectivity index (χ2n) is 5.99. The Labute approximate surface area is 165 Å². The summed E-state index contributed by atoms with van der Waals surface area (Å²) in [5, 5.41) is 11.2. The van der Waals surface area contributed by atoms with Crippen LogP contribution >= 0.6 is 11.3 Å². The number of nitro benzene ring substituents is 1. The maximum Gasteiger partial charge on any atom is 0.286 e. The van der Waals surface area contributed by atoms with Gasteiger partial charge in [-0.1, -0.05) is 19.1 Å². The average molecular weight is 397 g/mol. The summed E-state index contributed by atoms with van der Waals surface area (Å²) in [7, 11) is 3.45. The zero-order chi connectivity index (χ0) is 20.3. The van der Waals surface area contributed by atoms with E-state index in [0.29, 0.717) is 4.80 Å². The van der Waals surface area contributed by atoms with Gasteiger partial charge in [0.15, 0.2) is 4.80 Å². The molecule has 0 saturated heterocycles. The predicted octanol–water partition coefficient (Wildman–Crippen LogP) is 3.97. The molecular formula is C20H19N3O4S. The number of thiazole rings is 1. The first-order valence-corrected chi connectivity index (χ1v) is 9.43. The Morgan fingerprint density at radius 1 is 1.21 bits per heavy atom. The molecule has 1 aromatic heterocycles. The molecule has 0 radical (unpaired) electrons. The summed E-state index contributed by atoms with van der Waals surface area (Å²) in [4.78, 5) is 29.0. The van der Waals surface area contributed by atoms with Gasteiger partial charge in [0.05, 0.1) is 17.7 Å². The van der Waals surface area contributed by atoms with Gasteiger partial charge in [-0.2, -0.15) is 4.99 Å². The maximum absolute atomic E-state index is 12.6. The molecule has 2 aromatic carbocycles. The van der Waals surface area contributed by atoms with Crippen molar-refractivity contribution < 1.29 is 14.5 Å². The number of hydrogen-bond acceptors (Lipinski definition) is 5. The van der Waals surface area contributed by atoms with Crippen molar-refractivity contribution in [3.8, 4) is 17.0 Å². The number of amides is 1. The van der Waals surface area contributed by atoms with E-state index in [2.05, 4.69) is 4.99 Å². The van der Waals surface area contributed by atoms with Crippen LogP contribution in [0.4, 0.5) is 5.69 Å². The van der Waals surface area contributed by atoms with Crippen molar-refractivity contribution in [2.75, 3.05) is 7.11 Å². The summed E-state index contributed by atoms with van der Waals surface area (Å²) < 4.78 is 7.05. The van der Waals surface area contributed by atoms with E-state index in [4.69, 9.17) is 4.74 Å². The first-order valence-electron chi connectivity index (χ1n) is 8.61. The van der Waals surface area contributed by atoms with Gasteiger partial charge < -0.3 is 9.30 Å². The van der Waals surface area contributed by atoms with Gasteiger partial charge in [0.2, 0.25) is 0 Å². The van der Waals surface area contributed by atoms with Crippen LogP contribution in [0.1, 0.15) is 22.2 Å². The van der Waals surface area contributed by atoms with Crippen molar-refractivity contribution in [3.63, 3.8) is 0 Å². The maximum atomic E-state index is 12.6. The largest absolute Gasteiger partial charge is 0.497 e. The summed E-state index contributed by atoms with van der Waals surface area (Å²) in [6.45, 7) is 2.03. The van der Waals surface area contributed by atoms with Crippen LogP contribution in [0, 0.1) is 10.1 Å². The van der Waals surface area contributed by atoms with E-state index in [1.807, 2.05) is 42.8 Å². The van der Waals surface area contributed by atoms with Crippen molar-refractivity contribution in [2.24, 2.45) is 12.0 Å². The van der Waals surface area contributed by atoms with E-state index >= 15 is 0 Å². The molecule has 3 rings (SSSR count). The van der Waals surface area contributed by atoms with Crippen LogP contribution in [-0.4, -0.2) is 22.5 Å². The topological polar surface area (TPSA) is 86.7 Å². The number of rotatable bonds is 5. The minimum absolute atomic E-state index is 0.0232. The lowest BCUT2D eigenvalue weighted by atomic mass is 10.1. The molecular weight excluding hydrogens is 378 g/mol. The molecule has 144 valence electrons. The van der Waals surface area contributed by atoms with Gasteiger partial charge in [-0.25, -0.2) is 0 Å². The van der Waals surface area contributed by atoms with Gasteiger partial charge in [0.1, 0.15) is 11.3 Å². The van der Waals surface area contributed by atoms with Crippen LogP contribution in [0.5, 0.6) is 5.75 Å². The molecule has 0 fully saturated rings. The Morgan fingerprint density at radius 2 is 1.89 bits per heavy atom. The molecule has 0 aliphatic carbocycles. The molecule has 0 saturated carbocycles. The molecule has 0 N–H and O–H groups in total. The molecule has 8 heteroatoms. The number of hydrogen-bond donors (Lipinski definition) is 0. The molecule has 0 aliphatic rings. The van der Waals surface area contributed by atoms with Gasteiger partial charge in [0.25, 0.3) is 11.6 Å². The molecule has 7 nitrogen and oxygen atoms in total. The van der Waals surface area contributed by atoms with Crippen LogP contribution in [0.3, 0.4) is 0 Å². The molecule has 0 bridgehead atoms. The number of para-hydroxylation sites is 1. The zero-order valence-corrected chi connectivity index (χ0v) is 16.5. The van der Waals surface area contributed by atoms with E-state index in [1.54, 1.807) is 13.2 Å². The highest BCUT2D eigenvalue weighted by atomic mass is 32.1. The van der Waals surface area contributed by atoms with Gasteiger partial charge >= 0.3 is 0 Å². The van der Waals surface area contributed by atoms with E-state index in [1.165, 1.54) is 29.5 Å². The number of nitro groups is 1. The minimum Gasteiger partial charge on any atom is -0.497 e. The predicted molar refractivity (Wildman–Crippen MR) is 108 cm³/mol. The molecule has 0 spiro atoms. The van der Waals surface area contributed by atoms with Crippen molar-refractivity contribution in [3.05, 3.63) is 73.9 Å². The first-order chi connectivity index (χ1) is 13.5. The molecule has 0 aliphatic heterocycles. The van der Waals surface area contributed by atoms with Crippen LogP contribution in [0.25, 0.3) is 11.3 Å². The van der Waals surface area contributed by atoms with E-state index in [9.17, 15) is 14.9 Å². The Kier molecular flexibility index (Phi) is 5.70. The minimum atomic E-state index is -0.631. The van der Waals surface area contributed by atoms with E-state index in [0.717, 1.165) is 28.3 Å². The highest BCUT2D eigenvalue weighted by Crippen LogP contribution is 2.27. The molecule has 1 amide bonds. The summed E-state index contributed by atoms with van der Waals surface area (Å²) in [5.74, 6) is 0.129. The fourth-order valence-corrected chi connectivity index (χ4v) is 3.98. The Hall–Kier alpha value is -3.26. The quantitative estimate of drug-likeness (QED) is 0.481. The second-order valence-corrected chi connectivity index (χ2v) is 7.05. The van der Waals surface area contributed by atoms with Crippen molar-refractivity contribution in [1.82, 2.24) is 4.57 Å². The van der Waals surface area contributed by atoms with Crippen LogP contribution in [-0.2, 0) is 13.5 Å². The van der Waals surface area contributed by atoms with Crippen molar-refractivity contribution >= 4 is 22.9 Å². The van der Waals surface area contributed by atoms with E-state index < -0.39 is 10.8 Å². The summed E-state index contributed by atoms with van der Waals surface area (Å²) >= 11 is 1.40. The van der Waals surface area contributed by atoms with E-state index in [-0.39, 0.29) is 11.3 Å². The highest BCUT2D eigenvalue weighted by Gasteiger charge is 2.20. The fourth-order valence-electron chi connectivity index (χ4n) is 2.91. The molecule has 0 unspecified atom stereocenters. The number of nitrogens with zero attached hydrogens (tertiary/aromatic N) is 3. The summed E-state index contributed by atoms with van der Waals surface area (Å²) in [5.41, 5.74) is 1.67. The van der Waals surface area contributed by atoms with Gasteiger partial charge in [-0.05, 0) is 42.3 Å². The van der Waals surface area contributed by atoms with Crippen molar-refractivity contribution in [1.29, 1.82) is 0 Å². The third kappa shape index (κ3) is 3.72. The number of ether oxygens (including phenoxy) is 1. The molecule has 3 aromatic rings. The van der Waals surface area contributed by atoms with Crippen molar-refractivity contribution in [2.45, 2.75) is 13.3 Å². The summed E-state index contributed by atoms with van der Waals surface area (Å²) in [6.07, 6.45) is 0.773. The van der Waals surface area contributed by atoms with Gasteiger partial charge in [0, 0.05) is 18.0 Å². The van der Waals surface area contributed by atoms with Crippen LogP contribution < -0.4 is 9.54 Å². The third-order valence-electron chi connectivity index (χ3n) is 4.31. The lowest BCUT2D eigenvalue weighted by molar-refractivity contribution is -0.385. The Balaban J connectivity index is 2.09. The fraction of sp³-hybridized carbons (Fsp3) is 0.200. The standard InChI is InChI=1S/C20H19N3O4S/c1-4-17-18(13-9-11-14(27-3)12-10-13)22(2)20(28-17)21-19(24)15-7-5-6-8-16(15)23(25)26/h5-12H,4H2,1-3H3. The smallest absolute Gasteiger partial charge is 0.286 e. The number of aromatic nitrogens is 1. The lowest BCUT2D eigenvalue weighted by Crippen LogP contribution is -2.15. The lowest BCUT2D eigenvalue weighted by Gasteiger charge is -2.07. The number of carbonyl (C=O) groups is 1. The van der Waals surface area contributed by atoms with Crippen LogP contribution in [0.2, 0.25) is 0 Å².